The van der Waals surface area contributed by atoms with Crippen molar-refractivity contribution >= 4 is 5.78 Å². The van der Waals surface area contributed by atoms with Crippen molar-refractivity contribution in [2.24, 2.45) is 0 Å². The molecule has 1 fully saturated rings. The predicted octanol–water partition coefficient (Wildman–Crippen LogP) is -0.340. The zero-order valence-corrected chi connectivity index (χ0v) is 7.87. The van der Waals surface area contributed by atoms with Crippen LogP contribution in [0.25, 0.3) is 0 Å². The maximum atomic E-state index is 11.0. The highest BCUT2D eigenvalue weighted by Crippen LogP contribution is 2.04. The lowest BCUT2D eigenvalue weighted by Crippen LogP contribution is -2.37. The number of likely N-dealkylation sites (tertiary alicyclic amines) is 1. The van der Waals surface area contributed by atoms with Crippen LogP contribution < -0.4 is 0 Å². The van der Waals surface area contributed by atoms with Crippen LogP contribution in [0.3, 0.4) is 0 Å². The van der Waals surface area contributed by atoms with Gasteiger partial charge in [-0.3, -0.25) is 9.69 Å². The first kappa shape index (κ1) is 10.6. The average Bonchev–Trinajstić information content (AvgIpc) is 2.13. The van der Waals surface area contributed by atoms with E-state index in [0.29, 0.717) is 25.5 Å². The summed E-state index contributed by atoms with van der Waals surface area (Å²) in [7, 11) is 0. The molecule has 0 aromatic carbocycles. The SMILES string of the molecule is O=C1CCCN(CCOCCO)C1. The second-order valence-corrected chi connectivity index (χ2v) is 3.25. The fraction of sp³-hybridized carbons (Fsp3) is 0.889. The maximum Gasteiger partial charge on any atom is 0.146 e. The first-order valence-corrected chi connectivity index (χ1v) is 4.75. The number of aliphatic hydroxyl groups is 1. The third-order valence-electron chi connectivity index (χ3n) is 2.12. The lowest BCUT2D eigenvalue weighted by molar-refractivity contribution is -0.122. The summed E-state index contributed by atoms with van der Waals surface area (Å²) in [5.41, 5.74) is 0. The molecule has 0 unspecified atom stereocenters. The molecule has 0 aromatic rings. The van der Waals surface area contributed by atoms with E-state index in [9.17, 15) is 4.79 Å². The third kappa shape index (κ3) is 4.36. The molecule has 76 valence electrons. The summed E-state index contributed by atoms with van der Waals surface area (Å²) in [6.07, 6.45) is 1.70. The molecule has 0 spiro atoms. The second-order valence-electron chi connectivity index (χ2n) is 3.25. The normalized spacial score (nSPS) is 19.3. The Morgan fingerprint density at radius 3 is 3.00 bits per heavy atom. The fourth-order valence-electron chi connectivity index (χ4n) is 1.46. The molecular formula is C9H17NO3. The number of piperidine rings is 1. The average molecular weight is 187 g/mol. The van der Waals surface area contributed by atoms with Crippen LogP contribution in [0.4, 0.5) is 0 Å². The molecule has 4 heteroatoms. The van der Waals surface area contributed by atoms with E-state index in [-0.39, 0.29) is 6.61 Å². The van der Waals surface area contributed by atoms with E-state index in [0.717, 1.165) is 25.9 Å². The van der Waals surface area contributed by atoms with Crippen LogP contribution in [0.15, 0.2) is 0 Å². The summed E-state index contributed by atoms with van der Waals surface area (Å²) in [5.74, 6) is 0.327. The molecule has 1 rings (SSSR count). The minimum atomic E-state index is 0.0684. The van der Waals surface area contributed by atoms with Gasteiger partial charge < -0.3 is 9.84 Å². The summed E-state index contributed by atoms with van der Waals surface area (Å²) in [6, 6.07) is 0. The van der Waals surface area contributed by atoms with Gasteiger partial charge in [-0.15, -0.1) is 0 Å². The number of Topliss-reactive ketones (excluding diaryl/α,β-unsaturated/α-hetero) is 1. The van der Waals surface area contributed by atoms with E-state index in [1.54, 1.807) is 0 Å². The zero-order chi connectivity index (χ0) is 9.52. The van der Waals surface area contributed by atoms with E-state index in [4.69, 9.17) is 9.84 Å². The number of aliphatic hydroxyl groups excluding tert-OH is 1. The van der Waals surface area contributed by atoms with Crippen molar-refractivity contribution in [3.8, 4) is 0 Å². The molecule has 0 bridgehead atoms. The molecule has 0 saturated carbocycles. The highest BCUT2D eigenvalue weighted by Gasteiger charge is 2.15. The van der Waals surface area contributed by atoms with Crippen LogP contribution in [-0.4, -0.2) is 55.2 Å². The molecule has 0 aromatic heterocycles. The van der Waals surface area contributed by atoms with Crippen molar-refractivity contribution in [3.63, 3.8) is 0 Å². The Morgan fingerprint density at radius 1 is 1.46 bits per heavy atom. The van der Waals surface area contributed by atoms with Crippen LogP contribution in [0.1, 0.15) is 12.8 Å². The van der Waals surface area contributed by atoms with Gasteiger partial charge in [-0.1, -0.05) is 0 Å². The van der Waals surface area contributed by atoms with E-state index >= 15 is 0 Å². The molecule has 1 aliphatic rings. The number of carbonyl (C=O) groups is 1. The van der Waals surface area contributed by atoms with Gasteiger partial charge in [0.25, 0.3) is 0 Å². The van der Waals surface area contributed by atoms with Gasteiger partial charge in [0.1, 0.15) is 5.78 Å². The van der Waals surface area contributed by atoms with E-state index in [1.807, 2.05) is 0 Å². The largest absolute Gasteiger partial charge is 0.394 e. The maximum absolute atomic E-state index is 11.0. The van der Waals surface area contributed by atoms with Gasteiger partial charge in [0, 0.05) is 13.0 Å². The highest BCUT2D eigenvalue weighted by atomic mass is 16.5. The van der Waals surface area contributed by atoms with Gasteiger partial charge >= 0.3 is 0 Å². The molecule has 13 heavy (non-hydrogen) atoms. The Labute approximate surface area is 78.5 Å². The number of hydrogen-bond acceptors (Lipinski definition) is 4. The lowest BCUT2D eigenvalue weighted by atomic mass is 10.1. The standard InChI is InChI=1S/C9H17NO3/c11-5-7-13-6-4-10-3-1-2-9(12)8-10/h11H,1-8H2. The van der Waals surface area contributed by atoms with E-state index in [2.05, 4.69) is 4.90 Å². The van der Waals surface area contributed by atoms with Gasteiger partial charge in [0.05, 0.1) is 26.4 Å². The van der Waals surface area contributed by atoms with Crippen LogP contribution in [-0.2, 0) is 9.53 Å². The van der Waals surface area contributed by atoms with Crippen LogP contribution in [0.5, 0.6) is 0 Å². The molecule has 4 nitrogen and oxygen atoms in total. The van der Waals surface area contributed by atoms with Gasteiger partial charge in [-0.05, 0) is 13.0 Å². The van der Waals surface area contributed by atoms with Gasteiger partial charge in [-0.2, -0.15) is 0 Å². The Hall–Kier alpha value is -0.450. The van der Waals surface area contributed by atoms with E-state index in [1.165, 1.54) is 0 Å². The Kier molecular flexibility index (Phi) is 4.97. The van der Waals surface area contributed by atoms with Crippen molar-refractivity contribution in [1.29, 1.82) is 0 Å². The quantitative estimate of drug-likeness (QED) is 0.598. The van der Waals surface area contributed by atoms with Crippen molar-refractivity contribution in [2.45, 2.75) is 12.8 Å². The first-order chi connectivity index (χ1) is 6.33. The van der Waals surface area contributed by atoms with Crippen molar-refractivity contribution in [1.82, 2.24) is 4.90 Å². The number of rotatable bonds is 5. The van der Waals surface area contributed by atoms with Gasteiger partial charge in [0.15, 0.2) is 0 Å². The molecule has 0 atom stereocenters. The van der Waals surface area contributed by atoms with Crippen molar-refractivity contribution < 1.29 is 14.6 Å². The minimum Gasteiger partial charge on any atom is -0.394 e. The molecule has 0 amide bonds. The number of ether oxygens (including phenoxy) is 1. The van der Waals surface area contributed by atoms with Crippen LogP contribution >= 0.6 is 0 Å². The molecule has 0 radical (unpaired) electrons. The number of nitrogens with zero attached hydrogens (tertiary/aromatic N) is 1. The smallest absolute Gasteiger partial charge is 0.146 e. The Morgan fingerprint density at radius 2 is 2.31 bits per heavy atom. The van der Waals surface area contributed by atoms with Crippen LogP contribution in [0.2, 0.25) is 0 Å². The van der Waals surface area contributed by atoms with Crippen molar-refractivity contribution in [3.05, 3.63) is 0 Å². The number of carbonyl (C=O) groups excluding carboxylic acids is 1. The highest BCUT2D eigenvalue weighted by molar-refractivity contribution is 5.81. The summed E-state index contributed by atoms with van der Waals surface area (Å²) < 4.78 is 5.12. The molecular weight excluding hydrogens is 170 g/mol. The summed E-state index contributed by atoms with van der Waals surface area (Å²) in [4.78, 5) is 13.1. The molecule has 1 N–H and O–H groups in total. The molecule has 1 saturated heterocycles. The summed E-state index contributed by atoms with van der Waals surface area (Å²) in [5, 5.41) is 8.45. The summed E-state index contributed by atoms with van der Waals surface area (Å²) >= 11 is 0. The van der Waals surface area contributed by atoms with Gasteiger partial charge in [-0.25, -0.2) is 0 Å². The molecule has 0 aliphatic carbocycles. The summed E-state index contributed by atoms with van der Waals surface area (Å²) in [6.45, 7) is 3.43. The topological polar surface area (TPSA) is 49.8 Å². The minimum absolute atomic E-state index is 0.0684. The Bertz CT molecular complexity index is 161. The zero-order valence-electron chi connectivity index (χ0n) is 7.87. The lowest BCUT2D eigenvalue weighted by Gasteiger charge is -2.25. The van der Waals surface area contributed by atoms with Crippen LogP contribution in [0, 0.1) is 0 Å². The number of hydrogen-bond donors (Lipinski definition) is 1. The molecule has 1 heterocycles. The van der Waals surface area contributed by atoms with E-state index < -0.39 is 0 Å². The first-order valence-electron chi connectivity index (χ1n) is 4.75. The monoisotopic (exact) mass is 187 g/mol. The third-order valence-corrected chi connectivity index (χ3v) is 2.12. The predicted molar refractivity (Wildman–Crippen MR) is 48.6 cm³/mol. The van der Waals surface area contributed by atoms with Gasteiger partial charge in [0.2, 0.25) is 0 Å². The fourth-order valence-corrected chi connectivity index (χ4v) is 1.46. The second kappa shape index (κ2) is 6.07. The number of ketones is 1. The molecule has 1 aliphatic heterocycles. The Balaban J connectivity index is 2.03. The van der Waals surface area contributed by atoms with Crippen molar-refractivity contribution in [2.75, 3.05) is 39.5 Å².